The van der Waals surface area contributed by atoms with Gasteiger partial charge in [-0.1, -0.05) is 24.3 Å². The zero-order valence-electron chi connectivity index (χ0n) is 28.9. The molecule has 1 aliphatic heterocycles. The van der Waals surface area contributed by atoms with Gasteiger partial charge in [-0.05, 0) is 37.1 Å². The zero-order valence-corrected chi connectivity index (χ0v) is 28.9. The van der Waals surface area contributed by atoms with Crippen molar-refractivity contribution in [1.82, 2.24) is 19.5 Å². The van der Waals surface area contributed by atoms with Gasteiger partial charge in [0.2, 0.25) is 6.79 Å². The van der Waals surface area contributed by atoms with Crippen LogP contribution in [0.2, 0.25) is 0 Å². The van der Waals surface area contributed by atoms with Crippen LogP contribution >= 0.6 is 0 Å². The quantitative estimate of drug-likeness (QED) is 0.0786. The van der Waals surface area contributed by atoms with Crippen molar-refractivity contribution in [1.29, 1.82) is 0 Å². The highest BCUT2D eigenvalue weighted by Gasteiger charge is 2.28. The average molecular weight is 752 g/mol. The standard InChI is InChI=1S/C34H37N7O13/c1-20(42)52-19-53-30(49)16-40(15-29(47)48)22-8-3-5-10-24(22)54-25(17-51-23-9-4-2-7-21(23)39(13-27(43)44)14-28(45)46)33-37-32(35)31-34(38-33)41(18-36-31)26-11-6-12-50-26/h2-5,7-10,18,25-26H,6,11-17,19H2,1H3,(H,43,44)(H,45,46)(H,47,48)(H2,35,37,38). The Hall–Kier alpha value is -6.70. The molecule has 5 N–H and O–H groups in total. The van der Waals surface area contributed by atoms with Crippen LogP contribution in [0.3, 0.4) is 0 Å². The smallest absolute Gasteiger partial charge is 0.328 e. The van der Waals surface area contributed by atoms with Gasteiger partial charge in [0.25, 0.3) is 0 Å². The van der Waals surface area contributed by atoms with Crippen LogP contribution in [0.25, 0.3) is 11.2 Å². The highest BCUT2D eigenvalue weighted by molar-refractivity contribution is 5.83. The number of carbonyl (C=O) groups is 5. The topological polar surface area (TPSA) is 268 Å². The molecule has 0 saturated carbocycles. The van der Waals surface area contributed by atoms with Crippen molar-refractivity contribution < 1.29 is 63.0 Å². The minimum atomic E-state index is -1.29. The van der Waals surface area contributed by atoms with Crippen molar-refractivity contribution >= 4 is 58.2 Å². The zero-order chi connectivity index (χ0) is 38.8. The molecule has 3 heterocycles. The number of carbonyl (C=O) groups excluding carboxylic acids is 2. The van der Waals surface area contributed by atoms with E-state index in [0.717, 1.165) is 18.2 Å². The third-order valence-corrected chi connectivity index (χ3v) is 7.82. The van der Waals surface area contributed by atoms with Crippen molar-refractivity contribution in [2.75, 3.05) is 61.7 Å². The van der Waals surface area contributed by atoms with E-state index in [0.29, 0.717) is 24.2 Å². The highest BCUT2D eigenvalue weighted by Crippen LogP contribution is 2.35. The third-order valence-electron chi connectivity index (χ3n) is 7.82. The molecule has 20 heteroatoms. The predicted molar refractivity (Wildman–Crippen MR) is 186 cm³/mol. The van der Waals surface area contributed by atoms with Crippen LogP contribution in [0.15, 0.2) is 54.9 Å². The van der Waals surface area contributed by atoms with Crippen molar-refractivity contribution in [3.8, 4) is 11.5 Å². The first-order chi connectivity index (χ1) is 25.9. The molecular formula is C34H37N7O13. The predicted octanol–water partition coefficient (Wildman–Crippen LogP) is 1.85. The lowest BCUT2D eigenvalue weighted by molar-refractivity contribution is -0.164. The number of hydrogen-bond acceptors (Lipinski definition) is 16. The van der Waals surface area contributed by atoms with E-state index in [1.54, 1.807) is 28.8 Å². The summed E-state index contributed by atoms with van der Waals surface area (Å²) in [5.41, 5.74) is 7.31. The maximum absolute atomic E-state index is 12.7. The first-order valence-electron chi connectivity index (χ1n) is 16.4. The average Bonchev–Trinajstić information content (AvgIpc) is 3.80. The van der Waals surface area contributed by atoms with Gasteiger partial charge in [0.05, 0.1) is 17.7 Å². The number of benzene rings is 2. The SMILES string of the molecule is CC(=O)OCOC(=O)CN(CC(=O)O)c1ccccc1OC(COc1ccccc1N(CC(=O)O)CC(=O)O)c1nc(N)c2ncn(C3CCCO3)c2n1. The number of rotatable bonds is 19. The summed E-state index contributed by atoms with van der Waals surface area (Å²) in [4.78, 5) is 74.8. The number of ether oxygens (including phenoxy) is 5. The Morgan fingerprint density at radius 1 is 0.889 bits per heavy atom. The van der Waals surface area contributed by atoms with E-state index >= 15 is 0 Å². The van der Waals surface area contributed by atoms with Gasteiger partial charge in [-0.25, -0.2) is 15.0 Å². The van der Waals surface area contributed by atoms with Gasteiger partial charge < -0.3 is 54.5 Å². The van der Waals surface area contributed by atoms with Crippen molar-refractivity contribution in [3.63, 3.8) is 0 Å². The van der Waals surface area contributed by atoms with E-state index in [1.807, 2.05) is 0 Å². The summed E-state index contributed by atoms with van der Waals surface area (Å²) in [5, 5.41) is 28.7. The number of aliphatic carboxylic acids is 3. The molecule has 0 radical (unpaired) electrons. The monoisotopic (exact) mass is 751 g/mol. The van der Waals surface area contributed by atoms with Crippen LogP contribution in [-0.2, 0) is 38.2 Å². The molecule has 2 unspecified atom stereocenters. The van der Waals surface area contributed by atoms with Gasteiger partial charge in [0.15, 0.2) is 23.4 Å². The molecule has 1 fully saturated rings. The van der Waals surface area contributed by atoms with Gasteiger partial charge in [-0.15, -0.1) is 0 Å². The molecule has 20 nitrogen and oxygen atoms in total. The van der Waals surface area contributed by atoms with Crippen LogP contribution in [0.4, 0.5) is 17.2 Å². The van der Waals surface area contributed by atoms with Gasteiger partial charge in [-0.2, -0.15) is 0 Å². The maximum Gasteiger partial charge on any atom is 0.328 e. The fraction of sp³-hybridized carbons (Fsp3) is 0.353. The number of fused-ring (bicyclic) bond motifs is 1. The number of nitrogen functional groups attached to an aromatic ring is 1. The molecular weight excluding hydrogens is 714 g/mol. The Labute approximate surface area is 306 Å². The molecule has 2 aromatic heterocycles. The summed E-state index contributed by atoms with van der Waals surface area (Å²) in [5.74, 6) is -5.25. The van der Waals surface area contributed by atoms with Gasteiger partial charge in [0.1, 0.15) is 56.0 Å². The van der Waals surface area contributed by atoms with Crippen molar-refractivity contribution in [2.45, 2.75) is 32.1 Å². The number of hydrogen-bond donors (Lipinski definition) is 4. The first-order valence-corrected chi connectivity index (χ1v) is 16.4. The number of carboxylic acid groups (broad SMARTS) is 3. The van der Waals surface area contributed by atoms with E-state index in [2.05, 4.69) is 14.7 Å². The number of aromatic nitrogens is 4. The second-order valence-corrected chi connectivity index (χ2v) is 11.8. The maximum atomic E-state index is 12.7. The Balaban J connectivity index is 1.53. The lowest BCUT2D eigenvalue weighted by atomic mass is 10.2. The van der Waals surface area contributed by atoms with Crippen LogP contribution in [0, 0.1) is 0 Å². The number of nitrogens with two attached hydrogens (primary N) is 1. The molecule has 1 aliphatic rings. The molecule has 5 rings (SSSR count). The second kappa shape index (κ2) is 17.7. The fourth-order valence-corrected chi connectivity index (χ4v) is 5.55. The Bertz CT molecular complexity index is 1980. The Morgan fingerprint density at radius 3 is 2.11 bits per heavy atom. The number of nitrogens with zero attached hydrogens (tertiary/aromatic N) is 6. The molecule has 4 aromatic rings. The van der Waals surface area contributed by atoms with Crippen LogP contribution in [0.1, 0.15) is 37.9 Å². The minimum Gasteiger partial charge on any atom is -0.487 e. The number of imidazole rings is 1. The fourth-order valence-electron chi connectivity index (χ4n) is 5.55. The summed E-state index contributed by atoms with van der Waals surface area (Å²) in [7, 11) is 0. The first kappa shape index (κ1) is 38.5. The van der Waals surface area contributed by atoms with E-state index in [9.17, 15) is 39.3 Å². The van der Waals surface area contributed by atoms with Gasteiger partial charge in [-0.3, -0.25) is 28.5 Å². The molecule has 1 saturated heterocycles. The molecule has 2 atom stereocenters. The molecule has 0 amide bonds. The van der Waals surface area contributed by atoms with Crippen LogP contribution in [-0.4, -0.2) is 111 Å². The normalized spacial score (nSPS) is 14.2. The summed E-state index contributed by atoms with van der Waals surface area (Å²) in [6.45, 7) is -1.92. The third kappa shape index (κ3) is 10.00. The number of anilines is 3. The minimum absolute atomic E-state index is 0.00513. The molecule has 0 bridgehead atoms. The molecule has 0 spiro atoms. The highest BCUT2D eigenvalue weighted by atomic mass is 16.7. The summed E-state index contributed by atoms with van der Waals surface area (Å²) in [6, 6.07) is 12.4. The number of para-hydroxylation sites is 4. The van der Waals surface area contributed by atoms with Gasteiger partial charge >= 0.3 is 29.8 Å². The largest absolute Gasteiger partial charge is 0.487 e. The molecule has 2 aromatic carbocycles. The number of carboxylic acids is 3. The van der Waals surface area contributed by atoms with Crippen LogP contribution in [0.5, 0.6) is 11.5 Å². The summed E-state index contributed by atoms with van der Waals surface area (Å²) < 4.78 is 29.8. The van der Waals surface area contributed by atoms with Crippen LogP contribution < -0.4 is 25.0 Å². The number of esters is 2. The van der Waals surface area contributed by atoms with E-state index < -0.39 is 68.9 Å². The van der Waals surface area contributed by atoms with E-state index in [1.165, 1.54) is 35.5 Å². The van der Waals surface area contributed by atoms with E-state index in [4.69, 9.17) is 29.7 Å². The second-order valence-electron chi connectivity index (χ2n) is 11.8. The van der Waals surface area contributed by atoms with Crippen molar-refractivity contribution in [3.05, 3.63) is 60.7 Å². The molecule has 286 valence electrons. The lowest BCUT2D eigenvalue weighted by Gasteiger charge is -2.27. The lowest BCUT2D eigenvalue weighted by Crippen LogP contribution is -2.36. The van der Waals surface area contributed by atoms with Crippen molar-refractivity contribution in [2.24, 2.45) is 0 Å². The molecule has 54 heavy (non-hydrogen) atoms. The molecule has 0 aliphatic carbocycles. The summed E-state index contributed by atoms with van der Waals surface area (Å²) in [6.07, 6.45) is 1.47. The summed E-state index contributed by atoms with van der Waals surface area (Å²) >= 11 is 0. The van der Waals surface area contributed by atoms with E-state index in [-0.39, 0.29) is 47.4 Å². The Morgan fingerprint density at radius 2 is 1.50 bits per heavy atom. The Kier molecular flexibility index (Phi) is 12.6. The van der Waals surface area contributed by atoms with Gasteiger partial charge in [0, 0.05) is 13.5 Å².